The van der Waals surface area contributed by atoms with E-state index in [1.54, 1.807) is 40.5 Å². The zero-order chi connectivity index (χ0) is 23.0. The Labute approximate surface area is 205 Å². The maximum absolute atomic E-state index is 14.5. The van der Waals surface area contributed by atoms with E-state index in [1.807, 2.05) is 48.8 Å². The molecule has 6 nitrogen and oxygen atoms in total. The van der Waals surface area contributed by atoms with Crippen LogP contribution in [0.4, 0.5) is 5.69 Å². The molecule has 33 heavy (non-hydrogen) atoms. The number of hydrogen-bond donors (Lipinski definition) is 0. The number of nitrogens with zero attached hydrogens (tertiary/aromatic N) is 3. The molecule has 0 radical (unpaired) electrons. The summed E-state index contributed by atoms with van der Waals surface area (Å²) in [5.74, 6) is 0.249. The summed E-state index contributed by atoms with van der Waals surface area (Å²) in [4.78, 5) is 35.2. The van der Waals surface area contributed by atoms with Gasteiger partial charge in [-0.2, -0.15) is 0 Å². The molecule has 3 aliphatic heterocycles. The maximum atomic E-state index is 14.5. The summed E-state index contributed by atoms with van der Waals surface area (Å²) in [6.07, 6.45) is 1.59. The summed E-state index contributed by atoms with van der Waals surface area (Å²) in [6, 6.07) is 15.5. The van der Waals surface area contributed by atoms with Crippen molar-refractivity contribution in [3.8, 4) is 0 Å². The number of likely N-dealkylation sites (N-methyl/N-ethyl adjacent to an activating group) is 2. The Bertz CT molecular complexity index is 1280. The van der Waals surface area contributed by atoms with Crippen LogP contribution in [0.25, 0.3) is 0 Å². The van der Waals surface area contributed by atoms with Crippen molar-refractivity contribution < 1.29 is 14.0 Å². The number of para-hydroxylation sites is 1. The maximum Gasteiger partial charge on any atom is 0.254 e. The van der Waals surface area contributed by atoms with Gasteiger partial charge in [0.1, 0.15) is 14.8 Å². The van der Waals surface area contributed by atoms with Crippen LogP contribution in [-0.4, -0.2) is 51.3 Å². The number of thiocarbonyl (C=S) groups is 1. The summed E-state index contributed by atoms with van der Waals surface area (Å²) in [5, 5.41) is 2.02. The lowest BCUT2D eigenvalue weighted by atomic mass is 9.73. The van der Waals surface area contributed by atoms with Gasteiger partial charge >= 0.3 is 0 Å². The number of furan rings is 1. The highest BCUT2D eigenvalue weighted by Gasteiger charge is 2.78. The Morgan fingerprint density at radius 2 is 1.91 bits per heavy atom. The zero-order valence-electron chi connectivity index (χ0n) is 18.1. The lowest BCUT2D eigenvalue weighted by Gasteiger charge is -2.42. The largest absolute Gasteiger partial charge is 0.467 e. The third-order valence-corrected chi connectivity index (χ3v) is 10.1. The highest BCUT2D eigenvalue weighted by Crippen LogP contribution is 2.66. The second kappa shape index (κ2) is 7.27. The van der Waals surface area contributed by atoms with E-state index in [-0.39, 0.29) is 24.3 Å². The van der Waals surface area contributed by atoms with Crippen LogP contribution in [0.5, 0.6) is 0 Å². The molecule has 6 rings (SSSR count). The first-order valence-electron chi connectivity index (χ1n) is 10.6. The van der Waals surface area contributed by atoms with Crippen LogP contribution in [0.1, 0.15) is 22.1 Å². The summed E-state index contributed by atoms with van der Waals surface area (Å²) in [6.45, 7) is 0.826. The predicted octanol–water partition coefficient (Wildman–Crippen LogP) is 4.04. The summed E-state index contributed by atoms with van der Waals surface area (Å²) in [5.41, 5.74) is 0.545. The van der Waals surface area contributed by atoms with E-state index in [0.717, 1.165) is 16.1 Å². The van der Waals surface area contributed by atoms with Crippen molar-refractivity contribution >= 4 is 57.1 Å². The number of fused-ring (bicyclic) bond motifs is 3. The summed E-state index contributed by atoms with van der Waals surface area (Å²) >= 11 is 8.79. The minimum Gasteiger partial charge on any atom is -0.467 e. The quantitative estimate of drug-likeness (QED) is 0.511. The number of thioether (sulfide) groups is 1. The smallest absolute Gasteiger partial charge is 0.254 e. The predicted molar refractivity (Wildman–Crippen MR) is 133 cm³/mol. The number of rotatable bonds is 3. The minimum atomic E-state index is -1.16. The molecule has 1 aromatic carbocycles. The van der Waals surface area contributed by atoms with Gasteiger partial charge in [-0.3, -0.25) is 19.4 Å². The summed E-state index contributed by atoms with van der Waals surface area (Å²) in [7, 11) is 3.74. The van der Waals surface area contributed by atoms with E-state index in [1.165, 1.54) is 11.8 Å². The normalized spacial score (nSPS) is 29.3. The van der Waals surface area contributed by atoms with E-state index in [0.29, 0.717) is 16.6 Å². The van der Waals surface area contributed by atoms with Crippen LogP contribution in [0.15, 0.2) is 64.6 Å². The van der Waals surface area contributed by atoms with E-state index in [9.17, 15) is 9.59 Å². The highest BCUT2D eigenvalue weighted by atomic mass is 32.2. The first-order chi connectivity index (χ1) is 15.9. The second-order valence-electron chi connectivity index (χ2n) is 8.61. The van der Waals surface area contributed by atoms with Gasteiger partial charge in [0.2, 0.25) is 5.91 Å². The van der Waals surface area contributed by atoms with E-state index in [2.05, 4.69) is 11.0 Å². The van der Waals surface area contributed by atoms with Crippen molar-refractivity contribution in [1.29, 1.82) is 0 Å². The van der Waals surface area contributed by atoms with Gasteiger partial charge in [-0.25, -0.2) is 0 Å². The van der Waals surface area contributed by atoms with Gasteiger partial charge < -0.3 is 9.32 Å². The lowest BCUT2D eigenvalue weighted by molar-refractivity contribution is -0.139. The molecule has 2 aromatic heterocycles. The minimum absolute atomic E-state index is 0.0891. The fourth-order valence-electron chi connectivity index (χ4n) is 5.79. The average Bonchev–Trinajstić information content (AvgIpc) is 3.62. The SMILES string of the molecule is CN1C(=O)[C@]2(c3ccccc31)N(C)C[C@H](c1cccs1)[C@]21SC(=S)N(Cc2ccco2)C1=O. The number of carbonyl (C=O) groups is 2. The van der Waals surface area contributed by atoms with Gasteiger partial charge in [0.15, 0.2) is 5.54 Å². The van der Waals surface area contributed by atoms with E-state index >= 15 is 0 Å². The standard InChI is InChI=1S/C24H21N3O3S3/c1-25-14-17(19-10-6-12-32-19)24(21(29)27(22(31)33-24)13-15-7-5-11-30-15)23(25)16-8-3-4-9-18(16)26(2)20(23)28/h3-12,17H,13-14H2,1-2H3/t17-,23+,24-/m1/s1. The van der Waals surface area contributed by atoms with Crippen LogP contribution in [-0.2, 0) is 21.7 Å². The number of likely N-dealkylation sites (tertiary alicyclic amines) is 1. The highest BCUT2D eigenvalue weighted by molar-refractivity contribution is 8.25. The second-order valence-corrected chi connectivity index (χ2v) is 11.5. The Morgan fingerprint density at radius 3 is 2.64 bits per heavy atom. The van der Waals surface area contributed by atoms with Crippen LogP contribution < -0.4 is 4.90 Å². The molecule has 0 N–H and O–H groups in total. The average molecular weight is 496 g/mol. The molecule has 3 aromatic rings. The summed E-state index contributed by atoms with van der Waals surface area (Å²) < 4.78 is 4.89. The molecule has 0 aliphatic carbocycles. The van der Waals surface area contributed by atoms with Gasteiger partial charge in [-0.15, -0.1) is 11.3 Å². The topological polar surface area (TPSA) is 57.0 Å². The fourth-order valence-corrected chi connectivity index (χ4v) is 8.86. The molecule has 2 saturated heterocycles. The molecule has 0 unspecified atom stereocenters. The Hall–Kier alpha value is -2.46. The first kappa shape index (κ1) is 21.1. The van der Waals surface area contributed by atoms with Crippen LogP contribution in [0.3, 0.4) is 0 Å². The van der Waals surface area contributed by atoms with Gasteiger partial charge in [0, 0.05) is 35.6 Å². The number of anilines is 1. The Balaban J connectivity index is 1.60. The molecule has 2 amide bonds. The molecular weight excluding hydrogens is 474 g/mol. The van der Waals surface area contributed by atoms with Crippen molar-refractivity contribution in [2.45, 2.75) is 22.7 Å². The van der Waals surface area contributed by atoms with Crippen LogP contribution in [0, 0.1) is 0 Å². The molecule has 9 heteroatoms. The van der Waals surface area contributed by atoms with E-state index < -0.39 is 10.3 Å². The number of amides is 2. The van der Waals surface area contributed by atoms with Crippen LogP contribution >= 0.6 is 35.3 Å². The fraction of sp³-hybridized carbons (Fsp3) is 0.292. The molecule has 3 aliphatic rings. The molecule has 3 atom stereocenters. The Kier molecular flexibility index (Phi) is 4.65. The number of thiophene rings is 1. The van der Waals surface area contributed by atoms with Gasteiger partial charge in [-0.05, 0) is 36.7 Å². The first-order valence-corrected chi connectivity index (χ1v) is 12.7. The third-order valence-electron chi connectivity index (χ3n) is 7.14. The molecule has 168 valence electrons. The van der Waals surface area contributed by atoms with Gasteiger partial charge in [-0.1, -0.05) is 48.2 Å². The number of hydrogen-bond acceptors (Lipinski definition) is 7. The van der Waals surface area contributed by atoms with E-state index in [4.69, 9.17) is 16.6 Å². The third kappa shape index (κ3) is 2.51. The zero-order valence-corrected chi connectivity index (χ0v) is 20.5. The Morgan fingerprint density at radius 1 is 1.09 bits per heavy atom. The van der Waals surface area contributed by atoms with Crippen molar-refractivity contribution in [2.24, 2.45) is 0 Å². The molecule has 0 bridgehead atoms. The molecular formula is C24H21N3O3S3. The monoisotopic (exact) mass is 495 g/mol. The lowest BCUT2D eigenvalue weighted by Crippen LogP contribution is -2.62. The van der Waals surface area contributed by atoms with Gasteiger partial charge in [0.05, 0.1) is 12.8 Å². The van der Waals surface area contributed by atoms with Gasteiger partial charge in [0.25, 0.3) is 5.91 Å². The molecule has 5 heterocycles. The molecule has 2 spiro atoms. The molecule has 2 fully saturated rings. The van der Waals surface area contributed by atoms with Crippen molar-refractivity contribution in [3.05, 3.63) is 76.4 Å². The van der Waals surface area contributed by atoms with Crippen molar-refractivity contribution in [1.82, 2.24) is 9.80 Å². The van der Waals surface area contributed by atoms with Crippen molar-refractivity contribution in [2.75, 3.05) is 25.5 Å². The number of benzene rings is 1. The number of carbonyl (C=O) groups excluding carboxylic acids is 2. The van der Waals surface area contributed by atoms with Crippen LogP contribution in [0.2, 0.25) is 0 Å². The van der Waals surface area contributed by atoms with Crippen molar-refractivity contribution in [3.63, 3.8) is 0 Å². The molecule has 0 saturated carbocycles.